The Kier molecular flexibility index (Phi) is 8.52. The Labute approximate surface area is 234 Å². The van der Waals surface area contributed by atoms with Crippen molar-refractivity contribution in [2.45, 2.75) is 13.2 Å². The zero-order valence-corrected chi connectivity index (χ0v) is 23.0. The van der Waals surface area contributed by atoms with Gasteiger partial charge in [-0.05, 0) is 59.7 Å². The number of nitrogens with one attached hydrogen (secondary N) is 1. The minimum Gasteiger partial charge on any atom is -0.489 e. The summed E-state index contributed by atoms with van der Waals surface area (Å²) < 4.78 is 41.7. The Balaban J connectivity index is 1.26. The molecule has 0 saturated carbocycles. The summed E-state index contributed by atoms with van der Waals surface area (Å²) in [5.74, 6) is 0.621. The minimum atomic E-state index is -2.99. The molecule has 0 amide bonds. The first kappa shape index (κ1) is 27.5. The van der Waals surface area contributed by atoms with Crippen LogP contribution in [0, 0.1) is 11.7 Å². The lowest BCUT2D eigenvalue weighted by Crippen LogP contribution is -2.27. The zero-order chi connectivity index (χ0) is 28.0. The number of hydrogen-bond donors (Lipinski definition) is 1. The van der Waals surface area contributed by atoms with E-state index in [1.54, 1.807) is 12.1 Å². The summed E-state index contributed by atoms with van der Waals surface area (Å²) in [6.45, 7) is 1.86. The number of hydrogen-bond acceptors (Lipinski definition) is 7. The van der Waals surface area contributed by atoms with Crippen molar-refractivity contribution in [3.63, 3.8) is 0 Å². The van der Waals surface area contributed by atoms with E-state index in [0.29, 0.717) is 32.0 Å². The SMILES string of the molecule is CS(=O)(=O)CCNCc1cccc(N2C=CC3C=NCC(=Nc4ccc(OCc5ccc(F)cc5)cc4)C3=C2)c1. The summed E-state index contributed by atoms with van der Waals surface area (Å²) >= 11 is 0. The monoisotopic (exact) mass is 558 g/mol. The van der Waals surface area contributed by atoms with Gasteiger partial charge in [-0.2, -0.15) is 0 Å². The van der Waals surface area contributed by atoms with Crippen LogP contribution in [0.5, 0.6) is 5.75 Å². The predicted octanol–water partition coefficient (Wildman–Crippen LogP) is 5.23. The van der Waals surface area contributed by atoms with Crippen LogP contribution < -0.4 is 15.0 Å². The van der Waals surface area contributed by atoms with Gasteiger partial charge >= 0.3 is 0 Å². The Morgan fingerprint density at radius 1 is 1.07 bits per heavy atom. The Morgan fingerprint density at radius 3 is 2.65 bits per heavy atom. The molecule has 1 unspecified atom stereocenters. The second-order valence-corrected chi connectivity index (χ2v) is 12.1. The van der Waals surface area contributed by atoms with Gasteiger partial charge in [0.15, 0.2) is 0 Å². The van der Waals surface area contributed by atoms with Crippen molar-refractivity contribution in [3.05, 3.63) is 114 Å². The molecule has 0 saturated heterocycles. The number of fused-ring (bicyclic) bond motifs is 1. The van der Waals surface area contributed by atoms with Gasteiger partial charge in [0.2, 0.25) is 0 Å². The Hall–Kier alpha value is -4.08. The van der Waals surface area contributed by atoms with Crippen LogP contribution in [0.2, 0.25) is 0 Å². The van der Waals surface area contributed by atoms with E-state index in [4.69, 9.17) is 9.73 Å². The van der Waals surface area contributed by atoms with Crippen molar-refractivity contribution in [1.29, 1.82) is 0 Å². The number of allylic oxidation sites excluding steroid dienone is 1. The van der Waals surface area contributed by atoms with E-state index in [2.05, 4.69) is 33.6 Å². The molecule has 206 valence electrons. The Morgan fingerprint density at radius 2 is 1.88 bits per heavy atom. The second kappa shape index (κ2) is 12.4. The van der Waals surface area contributed by atoms with Crippen LogP contribution in [0.25, 0.3) is 0 Å². The van der Waals surface area contributed by atoms with Gasteiger partial charge in [0.25, 0.3) is 0 Å². The number of halogens is 1. The molecule has 0 aromatic heterocycles. The topological polar surface area (TPSA) is 83.4 Å². The standard InChI is InChI=1S/C31H31FN4O3S/c1-40(37,38)16-14-33-18-24-3-2-4-28(17-24)36-15-13-25-19-34-20-31(30(25)21-36)35-27-9-11-29(12-10-27)39-22-23-5-7-26(32)8-6-23/h2-13,15,17,19,21,25,33H,14,16,18,20,22H2,1H3. The molecule has 3 aromatic rings. The quantitative estimate of drug-likeness (QED) is 0.345. The van der Waals surface area contributed by atoms with Crippen LogP contribution >= 0.6 is 0 Å². The van der Waals surface area contributed by atoms with Gasteiger partial charge in [-0.3, -0.25) is 9.98 Å². The van der Waals surface area contributed by atoms with Crippen LogP contribution in [0.15, 0.2) is 107 Å². The highest BCUT2D eigenvalue weighted by Gasteiger charge is 2.23. The zero-order valence-electron chi connectivity index (χ0n) is 22.2. The lowest BCUT2D eigenvalue weighted by atomic mass is 9.92. The van der Waals surface area contributed by atoms with Crippen LogP contribution in [0.3, 0.4) is 0 Å². The molecule has 3 aromatic carbocycles. The van der Waals surface area contributed by atoms with Gasteiger partial charge in [-0.1, -0.05) is 30.3 Å². The van der Waals surface area contributed by atoms with Crippen LogP contribution in [-0.4, -0.2) is 45.4 Å². The van der Waals surface area contributed by atoms with Gasteiger partial charge in [-0.15, -0.1) is 0 Å². The molecular formula is C31H31FN4O3S. The molecule has 1 atom stereocenters. The number of benzene rings is 3. The van der Waals surface area contributed by atoms with Crippen molar-refractivity contribution in [1.82, 2.24) is 5.32 Å². The number of anilines is 1. The second-order valence-electron chi connectivity index (χ2n) is 9.79. The fourth-order valence-corrected chi connectivity index (χ4v) is 4.92. The largest absolute Gasteiger partial charge is 0.489 e. The Bertz CT molecular complexity index is 1560. The van der Waals surface area contributed by atoms with Crippen LogP contribution in [0.1, 0.15) is 11.1 Å². The summed E-state index contributed by atoms with van der Waals surface area (Å²) in [6, 6.07) is 22.0. The lowest BCUT2D eigenvalue weighted by Gasteiger charge is -2.28. The average molecular weight is 559 g/mol. The third kappa shape index (κ3) is 7.52. The van der Waals surface area contributed by atoms with Gasteiger partial charge in [-0.25, -0.2) is 12.8 Å². The molecule has 0 bridgehead atoms. The fourth-order valence-electron chi connectivity index (χ4n) is 4.41. The van der Waals surface area contributed by atoms with E-state index < -0.39 is 9.84 Å². The highest BCUT2D eigenvalue weighted by Crippen LogP contribution is 2.29. The van der Waals surface area contributed by atoms with Crippen LogP contribution in [-0.2, 0) is 23.0 Å². The number of rotatable bonds is 10. The van der Waals surface area contributed by atoms with Crippen molar-refractivity contribution in [2.24, 2.45) is 15.9 Å². The number of nitrogens with zero attached hydrogens (tertiary/aromatic N) is 3. The molecule has 2 aliphatic heterocycles. The van der Waals surface area contributed by atoms with Gasteiger partial charge < -0.3 is 15.0 Å². The van der Waals surface area contributed by atoms with E-state index in [0.717, 1.165) is 33.8 Å². The van der Waals surface area contributed by atoms with Crippen molar-refractivity contribution >= 4 is 33.1 Å². The molecule has 0 radical (unpaired) electrons. The van der Waals surface area contributed by atoms with E-state index >= 15 is 0 Å². The number of aliphatic imine (C=N–C) groups is 2. The van der Waals surface area contributed by atoms with Crippen LogP contribution in [0.4, 0.5) is 15.8 Å². The van der Waals surface area contributed by atoms with E-state index in [1.165, 1.54) is 18.4 Å². The summed E-state index contributed by atoms with van der Waals surface area (Å²) in [6.07, 6.45) is 9.44. The van der Waals surface area contributed by atoms with E-state index in [-0.39, 0.29) is 17.5 Å². The molecule has 0 aliphatic carbocycles. The molecule has 1 N–H and O–H groups in total. The molecular weight excluding hydrogens is 527 g/mol. The number of ether oxygens (including phenoxy) is 1. The van der Waals surface area contributed by atoms with Crippen molar-refractivity contribution in [2.75, 3.05) is 30.0 Å². The van der Waals surface area contributed by atoms with Gasteiger partial charge in [0, 0.05) is 55.1 Å². The molecule has 2 aliphatic rings. The van der Waals surface area contributed by atoms with E-state index in [1.807, 2.05) is 54.9 Å². The smallest absolute Gasteiger partial charge is 0.148 e. The molecule has 0 spiro atoms. The lowest BCUT2D eigenvalue weighted by molar-refractivity contribution is 0.306. The molecule has 5 rings (SSSR count). The predicted molar refractivity (Wildman–Crippen MR) is 159 cm³/mol. The molecule has 0 fully saturated rings. The summed E-state index contributed by atoms with van der Waals surface area (Å²) in [7, 11) is -2.99. The average Bonchev–Trinajstić information content (AvgIpc) is 2.95. The first-order valence-corrected chi connectivity index (χ1v) is 15.1. The van der Waals surface area contributed by atoms with Gasteiger partial charge in [0.1, 0.15) is 28.0 Å². The first-order chi connectivity index (χ1) is 19.3. The van der Waals surface area contributed by atoms with Crippen molar-refractivity contribution < 1.29 is 17.5 Å². The molecule has 2 heterocycles. The summed E-state index contributed by atoms with van der Waals surface area (Å²) in [5.41, 5.74) is 5.78. The molecule has 7 nitrogen and oxygen atoms in total. The maximum atomic E-state index is 13.1. The highest BCUT2D eigenvalue weighted by atomic mass is 32.2. The van der Waals surface area contributed by atoms with E-state index in [9.17, 15) is 12.8 Å². The fraction of sp³-hybridized carbons (Fsp3) is 0.226. The van der Waals surface area contributed by atoms with Gasteiger partial charge in [0.05, 0.1) is 23.7 Å². The normalized spacial score (nSPS) is 17.6. The summed E-state index contributed by atoms with van der Waals surface area (Å²) in [5, 5.41) is 3.20. The number of sulfone groups is 1. The third-order valence-corrected chi connectivity index (χ3v) is 7.48. The third-order valence-electron chi connectivity index (χ3n) is 6.54. The maximum Gasteiger partial charge on any atom is 0.148 e. The van der Waals surface area contributed by atoms with Crippen molar-refractivity contribution in [3.8, 4) is 5.75 Å². The molecule has 9 heteroatoms. The summed E-state index contributed by atoms with van der Waals surface area (Å²) in [4.78, 5) is 11.5. The molecule has 40 heavy (non-hydrogen) atoms. The maximum absolute atomic E-state index is 13.1. The highest BCUT2D eigenvalue weighted by molar-refractivity contribution is 7.90. The first-order valence-electron chi connectivity index (χ1n) is 13.0. The minimum absolute atomic E-state index is 0.0582.